The standard InChI is InChI=1S/C12H14ClN3S/c1-16(8-11-6-15-12(14)17-11)7-9-3-2-4-10(13)5-9/h2-6H,7-8H2,1H3,(H2,14,15). The normalized spacial score (nSPS) is 11.0. The minimum Gasteiger partial charge on any atom is -0.375 e. The van der Waals surface area contributed by atoms with Crippen molar-refractivity contribution in [1.29, 1.82) is 0 Å². The van der Waals surface area contributed by atoms with Gasteiger partial charge < -0.3 is 5.73 Å². The van der Waals surface area contributed by atoms with Gasteiger partial charge in [-0.2, -0.15) is 0 Å². The number of rotatable bonds is 4. The molecule has 5 heteroatoms. The summed E-state index contributed by atoms with van der Waals surface area (Å²) in [5.74, 6) is 0. The Morgan fingerprint density at radius 3 is 2.88 bits per heavy atom. The number of aromatic nitrogens is 1. The lowest BCUT2D eigenvalue weighted by atomic mass is 10.2. The molecule has 1 aromatic carbocycles. The Hall–Kier alpha value is -1.10. The lowest BCUT2D eigenvalue weighted by Crippen LogP contribution is -2.16. The van der Waals surface area contributed by atoms with E-state index in [-0.39, 0.29) is 0 Å². The van der Waals surface area contributed by atoms with Crippen LogP contribution < -0.4 is 5.73 Å². The number of nitrogens with two attached hydrogens (primary N) is 1. The molecule has 0 radical (unpaired) electrons. The molecule has 90 valence electrons. The Kier molecular flexibility index (Phi) is 3.99. The van der Waals surface area contributed by atoms with Gasteiger partial charge in [0.2, 0.25) is 0 Å². The van der Waals surface area contributed by atoms with Crippen molar-refractivity contribution in [3.8, 4) is 0 Å². The highest BCUT2D eigenvalue weighted by Crippen LogP contribution is 2.18. The van der Waals surface area contributed by atoms with Crippen LogP contribution in [0.4, 0.5) is 5.13 Å². The molecule has 0 spiro atoms. The number of halogens is 1. The van der Waals surface area contributed by atoms with Crippen molar-refractivity contribution in [3.63, 3.8) is 0 Å². The van der Waals surface area contributed by atoms with Crippen molar-refractivity contribution in [2.75, 3.05) is 12.8 Å². The van der Waals surface area contributed by atoms with Gasteiger partial charge >= 0.3 is 0 Å². The van der Waals surface area contributed by atoms with E-state index in [1.165, 1.54) is 21.8 Å². The van der Waals surface area contributed by atoms with Crippen LogP contribution in [0, 0.1) is 0 Å². The lowest BCUT2D eigenvalue weighted by molar-refractivity contribution is 0.322. The molecule has 0 bridgehead atoms. The summed E-state index contributed by atoms with van der Waals surface area (Å²) in [7, 11) is 2.07. The van der Waals surface area contributed by atoms with Crippen molar-refractivity contribution < 1.29 is 0 Å². The first-order chi connectivity index (χ1) is 8.13. The molecule has 0 amide bonds. The van der Waals surface area contributed by atoms with E-state index in [9.17, 15) is 0 Å². The van der Waals surface area contributed by atoms with Crippen LogP contribution in [0.2, 0.25) is 5.02 Å². The van der Waals surface area contributed by atoms with Crippen LogP contribution in [0.3, 0.4) is 0 Å². The Bertz CT molecular complexity index is 498. The Balaban J connectivity index is 1.95. The van der Waals surface area contributed by atoms with Crippen LogP contribution >= 0.6 is 22.9 Å². The summed E-state index contributed by atoms with van der Waals surface area (Å²) < 4.78 is 0. The number of benzene rings is 1. The molecule has 1 aromatic heterocycles. The number of anilines is 1. The van der Waals surface area contributed by atoms with Crippen LogP contribution in [0.25, 0.3) is 0 Å². The molecule has 0 saturated heterocycles. The minimum absolute atomic E-state index is 0.621. The average Bonchev–Trinajstić information content (AvgIpc) is 2.63. The first-order valence-corrected chi connectivity index (χ1v) is 6.46. The highest BCUT2D eigenvalue weighted by Gasteiger charge is 2.04. The Morgan fingerprint density at radius 1 is 1.41 bits per heavy atom. The number of thiazole rings is 1. The molecule has 1 heterocycles. The smallest absolute Gasteiger partial charge is 0.180 e. The van der Waals surface area contributed by atoms with E-state index >= 15 is 0 Å². The van der Waals surface area contributed by atoms with E-state index in [0.29, 0.717) is 5.13 Å². The molecular weight excluding hydrogens is 254 g/mol. The fraction of sp³-hybridized carbons (Fsp3) is 0.250. The van der Waals surface area contributed by atoms with Gasteiger partial charge in [0.1, 0.15) is 0 Å². The summed E-state index contributed by atoms with van der Waals surface area (Å²) in [5.41, 5.74) is 6.80. The first-order valence-electron chi connectivity index (χ1n) is 5.26. The summed E-state index contributed by atoms with van der Waals surface area (Å²) in [6.45, 7) is 1.71. The summed E-state index contributed by atoms with van der Waals surface area (Å²) in [5, 5.41) is 1.40. The second kappa shape index (κ2) is 5.49. The zero-order valence-corrected chi connectivity index (χ0v) is 11.1. The molecule has 0 atom stereocenters. The highest BCUT2D eigenvalue weighted by molar-refractivity contribution is 7.15. The number of nitrogen functional groups attached to an aromatic ring is 1. The minimum atomic E-state index is 0.621. The number of hydrogen-bond donors (Lipinski definition) is 1. The SMILES string of the molecule is CN(Cc1cccc(Cl)c1)Cc1cnc(N)s1. The third-order valence-electron chi connectivity index (χ3n) is 2.34. The molecule has 2 rings (SSSR count). The predicted molar refractivity (Wildman–Crippen MR) is 73.1 cm³/mol. The third kappa shape index (κ3) is 3.70. The maximum Gasteiger partial charge on any atom is 0.180 e. The van der Waals surface area contributed by atoms with Crippen LogP contribution in [-0.4, -0.2) is 16.9 Å². The zero-order chi connectivity index (χ0) is 12.3. The van der Waals surface area contributed by atoms with Gasteiger partial charge in [-0.05, 0) is 24.7 Å². The van der Waals surface area contributed by atoms with E-state index in [4.69, 9.17) is 17.3 Å². The van der Waals surface area contributed by atoms with E-state index in [0.717, 1.165) is 18.1 Å². The van der Waals surface area contributed by atoms with Gasteiger partial charge in [0.15, 0.2) is 5.13 Å². The molecule has 0 aliphatic heterocycles. The Morgan fingerprint density at radius 2 is 2.24 bits per heavy atom. The van der Waals surface area contributed by atoms with Crippen molar-refractivity contribution in [1.82, 2.24) is 9.88 Å². The molecule has 0 aliphatic rings. The maximum absolute atomic E-state index is 5.95. The molecule has 0 fully saturated rings. The summed E-state index contributed by atoms with van der Waals surface area (Å²) in [6.07, 6.45) is 1.83. The third-order valence-corrected chi connectivity index (χ3v) is 3.39. The fourth-order valence-corrected chi connectivity index (χ4v) is 2.64. The highest BCUT2D eigenvalue weighted by atomic mass is 35.5. The van der Waals surface area contributed by atoms with Crippen molar-refractivity contribution in [2.45, 2.75) is 13.1 Å². The van der Waals surface area contributed by atoms with Gasteiger partial charge in [-0.3, -0.25) is 4.90 Å². The molecule has 0 unspecified atom stereocenters. The molecule has 17 heavy (non-hydrogen) atoms. The van der Waals surface area contributed by atoms with Crippen LogP contribution in [0.5, 0.6) is 0 Å². The van der Waals surface area contributed by atoms with Gasteiger partial charge in [0, 0.05) is 29.2 Å². The fourth-order valence-electron chi connectivity index (χ4n) is 1.66. The molecular formula is C12H14ClN3S. The number of hydrogen-bond acceptors (Lipinski definition) is 4. The summed E-state index contributed by atoms with van der Waals surface area (Å²) in [6, 6.07) is 7.91. The van der Waals surface area contributed by atoms with E-state index in [2.05, 4.69) is 23.0 Å². The quantitative estimate of drug-likeness (QED) is 0.926. The summed E-state index contributed by atoms with van der Waals surface area (Å²) >= 11 is 7.48. The lowest BCUT2D eigenvalue weighted by Gasteiger charge is -2.15. The maximum atomic E-state index is 5.95. The molecule has 0 saturated carbocycles. The van der Waals surface area contributed by atoms with Crippen molar-refractivity contribution in [3.05, 3.63) is 45.9 Å². The topological polar surface area (TPSA) is 42.2 Å². The van der Waals surface area contributed by atoms with Crippen LogP contribution in [-0.2, 0) is 13.1 Å². The monoisotopic (exact) mass is 267 g/mol. The van der Waals surface area contributed by atoms with Gasteiger partial charge in [0.05, 0.1) is 0 Å². The van der Waals surface area contributed by atoms with E-state index in [1.54, 1.807) is 0 Å². The largest absolute Gasteiger partial charge is 0.375 e. The van der Waals surface area contributed by atoms with Crippen LogP contribution in [0.15, 0.2) is 30.5 Å². The molecule has 2 N–H and O–H groups in total. The van der Waals surface area contributed by atoms with E-state index in [1.807, 2.05) is 24.4 Å². The summed E-state index contributed by atoms with van der Waals surface area (Å²) in [4.78, 5) is 7.42. The average molecular weight is 268 g/mol. The Labute approximate surface area is 110 Å². The molecule has 2 aromatic rings. The second-order valence-electron chi connectivity index (χ2n) is 3.97. The van der Waals surface area contributed by atoms with Crippen molar-refractivity contribution in [2.24, 2.45) is 0 Å². The molecule has 3 nitrogen and oxygen atoms in total. The first kappa shape index (κ1) is 12.4. The van der Waals surface area contributed by atoms with Gasteiger partial charge in [-0.1, -0.05) is 23.7 Å². The second-order valence-corrected chi connectivity index (χ2v) is 5.55. The van der Waals surface area contributed by atoms with Gasteiger partial charge in [0.25, 0.3) is 0 Å². The van der Waals surface area contributed by atoms with Gasteiger partial charge in [-0.25, -0.2) is 4.98 Å². The van der Waals surface area contributed by atoms with Crippen LogP contribution in [0.1, 0.15) is 10.4 Å². The zero-order valence-electron chi connectivity index (χ0n) is 9.56. The van der Waals surface area contributed by atoms with Crippen molar-refractivity contribution >= 4 is 28.1 Å². The number of nitrogens with zero attached hydrogens (tertiary/aromatic N) is 2. The van der Waals surface area contributed by atoms with E-state index < -0.39 is 0 Å². The predicted octanol–water partition coefficient (Wildman–Crippen LogP) is 3.01. The van der Waals surface area contributed by atoms with Gasteiger partial charge in [-0.15, -0.1) is 11.3 Å². The molecule has 0 aliphatic carbocycles.